The summed E-state index contributed by atoms with van der Waals surface area (Å²) in [5, 5.41) is 7.07. The molecule has 0 radical (unpaired) electrons. The first-order valence-electron chi connectivity index (χ1n) is 8.76. The van der Waals surface area contributed by atoms with Gasteiger partial charge in [-0.15, -0.1) is 0 Å². The average Bonchev–Trinajstić information content (AvgIpc) is 2.69. The van der Waals surface area contributed by atoms with Gasteiger partial charge in [-0.05, 0) is 36.8 Å². The van der Waals surface area contributed by atoms with Crippen LogP contribution >= 0.6 is 0 Å². The summed E-state index contributed by atoms with van der Waals surface area (Å²) in [6, 6.07) is 16.0. The second-order valence-corrected chi connectivity index (χ2v) is 6.20. The van der Waals surface area contributed by atoms with Crippen molar-refractivity contribution in [1.29, 1.82) is 0 Å². The number of nitrogens with zero attached hydrogens (tertiary/aromatic N) is 2. The minimum Gasteiger partial charge on any atom is -0.378 e. The summed E-state index contributed by atoms with van der Waals surface area (Å²) in [6.45, 7) is 5.57. The van der Waals surface area contributed by atoms with E-state index in [0.717, 1.165) is 37.6 Å². The SMILES string of the molecule is Cc1ccc(NCC(=O)N/N=C\c2ccc(N3CCOCC3)cc2)cc1. The Balaban J connectivity index is 1.44. The van der Waals surface area contributed by atoms with Crippen molar-refractivity contribution in [2.45, 2.75) is 6.92 Å². The molecule has 3 rings (SSSR count). The largest absolute Gasteiger partial charge is 0.378 e. The summed E-state index contributed by atoms with van der Waals surface area (Å²) in [6.07, 6.45) is 1.65. The van der Waals surface area contributed by atoms with Gasteiger partial charge in [0.2, 0.25) is 0 Å². The molecule has 6 nitrogen and oxygen atoms in total. The van der Waals surface area contributed by atoms with Gasteiger partial charge in [0.25, 0.3) is 5.91 Å². The second-order valence-electron chi connectivity index (χ2n) is 6.20. The molecule has 0 bridgehead atoms. The number of benzene rings is 2. The Bertz CT molecular complexity index is 735. The molecule has 1 fully saturated rings. The van der Waals surface area contributed by atoms with Crippen molar-refractivity contribution < 1.29 is 9.53 Å². The number of nitrogens with one attached hydrogen (secondary N) is 2. The van der Waals surface area contributed by atoms with Crippen LogP contribution in [0.3, 0.4) is 0 Å². The monoisotopic (exact) mass is 352 g/mol. The molecule has 0 aliphatic carbocycles. The number of rotatable bonds is 6. The highest BCUT2D eigenvalue weighted by Gasteiger charge is 2.10. The third-order valence-electron chi connectivity index (χ3n) is 4.18. The Morgan fingerprint density at radius 2 is 1.81 bits per heavy atom. The van der Waals surface area contributed by atoms with Crippen LogP contribution in [0.25, 0.3) is 0 Å². The molecule has 0 saturated carbocycles. The first kappa shape index (κ1) is 17.9. The van der Waals surface area contributed by atoms with Gasteiger partial charge in [-0.2, -0.15) is 5.10 Å². The highest BCUT2D eigenvalue weighted by atomic mass is 16.5. The third-order valence-corrected chi connectivity index (χ3v) is 4.18. The van der Waals surface area contributed by atoms with Crippen LogP contribution < -0.4 is 15.6 Å². The zero-order valence-corrected chi connectivity index (χ0v) is 14.9. The number of anilines is 2. The fourth-order valence-corrected chi connectivity index (χ4v) is 2.66. The van der Waals surface area contributed by atoms with E-state index < -0.39 is 0 Å². The van der Waals surface area contributed by atoms with Gasteiger partial charge < -0.3 is 15.0 Å². The molecule has 2 N–H and O–H groups in total. The molecule has 136 valence electrons. The van der Waals surface area contributed by atoms with Crippen LogP contribution in [0.2, 0.25) is 0 Å². The summed E-state index contributed by atoms with van der Waals surface area (Å²) < 4.78 is 5.37. The highest BCUT2D eigenvalue weighted by Crippen LogP contribution is 2.15. The van der Waals surface area contributed by atoms with E-state index >= 15 is 0 Å². The highest BCUT2D eigenvalue weighted by molar-refractivity contribution is 5.84. The maximum absolute atomic E-state index is 11.8. The number of aryl methyl sites for hydroxylation is 1. The van der Waals surface area contributed by atoms with E-state index in [9.17, 15) is 4.79 Å². The molecule has 2 aromatic carbocycles. The standard InChI is InChI=1S/C20H24N4O2/c1-16-2-6-18(7-3-16)21-15-20(25)23-22-14-17-4-8-19(9-5-17)24-10-12-26-13-11-24/h2-9,14,21H,10-13,15H2,1H3,(H,23,25)/b22-14-. The van der Waals surface area contributed by atoms with Crippen LogP contribution in [0, 0.1) is 6.92 Å². The number of hydrogen-bond acceptors (Lipinski definition) is 5. The number of morpholine rings is 1. The van der Waals surface area contributed by atoms with Gasteiger partial charge in [0.05, 0.1) is 26.0 Å². The van der Waals surface area contributed by atoms with Gasteiger partial charge in [0.15, 0.2) is 0 Å². The molecule has 6 heteroatoms. The number of carbonyl (C=O) groups is 1. The van der Waals surface area contributed by atoms with Crippen LogP contribution in [0.4, 0.5) is 11.4 Å². The van der Waals surface area contributed by atoms with Gasteiger partial charge in [-0.3, -0.25) is 4.79 Å². The van der Waals surface area contributed by atoms with Crippen molar-refractivity contribution in [2.24, 2.45) is 5.10 Å². The van der Waals surface area contributed by atoms with Crippen molar-refractivity contribution in [3.63, 3.8) is 0 Å². The number of hydrogen-bond donors (Lipinski definition) is 2. The Kier molecular flexibility index (Phi) is 6.22. The van der Waals surface area contributed by atoms with Crippen molar-refractivity contribution in [1.82, 2.24) is 5.43 Å². The quantitative estimate of drug-likeness (QED) is 0.619. The molecular formula is C20H24N4O2. The molecule has 1 aliphatic rings. The Labute approximate surface area is 153 Å². The van der Waals surface area contributed by atoms with E-state index in [2.05, 4.69) is 32.9 Å². The Hall–Kier alpha value is -2.86. The fraction of sp³-hybridized carbons (Fsp3) is 0.300. The van der Waals surface area contributed by atoms with Crippen LogP contribution in [-0.4, -0.2) is 45.0 Å². The van der Waals surface area contributed by atoms with Crippen LogP contribution in [-0.2, 0) is 9.53 Å². The maximum Gasteiger partial charge on any atom is 0.259 e. The molecule has 1 aliphatic heterocycles. The summed E-state index contributed by atoms with van der Waals surface area (Å²) in [5.41, 5.74) is 6.74. The molecule has 0 aromatic heterocycles. The lowest BCUT2D eigenvalue weighted by molar-refractivity contribution is -0.119. The van der Waals surface area contributed by atoms with E-state index in [1.807, 2.05) is 43.3 Å². The molecule has 2 aromatic rings. The fourth-order valence-electron chi connectivity index (χ4n) is 2.66. The molecule has 0 unspecified atom stereocenters. The van der Waals surface area contributed by atoms with Gasteiger partial charge in [-0.25, -0.2) is 5.43 Å². The molecule has 0 atom stereocenters. The van der Waals surface area contributed by atoms with Crippen molar-refractivity contribution in [3.8, 4) is 0 Å². The van der Waals surface area contributed by atoms with Crippen molar-refractivity contribution in [3.05, 3.63) is 59.7 Å². The lowest BCUT2D eigenvalue weighted by Gasteiger charge is -2.28. The second kappa shape index (κ2) is 9.01. The van der Waals surface area contributed by atoms with Gasteiger partial charge >= 0.3 is 0 Å². The molecule has 0 spiro atoms. The van der Waals surface area contributed by atoms with Crippen LogP contribution in [0.5, 0.6) is 0 Å². The summed E-state index contributed by atoms with van der Waals surface area (Å²) in [5.74, 6) is -0.188. The maximum atomic E-state index is 11.8. The normalized spacial score (nSPS) is 14.4. The average molecular weight is 352 g/mol. The van der Waals surface area contributed by atoms with E-state index in [1.54, 1.807) is 6.21 Å². The van der Waals surface area contributed by atoms with E-state index in [1.165, 1.54) is 11.3 Å². The minimum atomic E-state index is -0.188. The number of ether oxygens (including phenoxy) is 1. The van der Waals surface area contributed by atoms with Crippen LogP contribution in [0.15, 0.2) is 53.6 Å². The van der Waals surface area contributed by atoms with Gasteiger partial charge in [0.1, 0.15) is 0 Å². The molecule has 1 heterocycles. The summed E-state index contributed by atoms with van der Waals surface area (Å²) in [4.78, 5) is 14.1. The Morgan fingerprint density at radius 3 is 2.50 bits per heavy atom. The van der Waals surface area contributed by atoms with Gasteiger partial charge in [0, 0.05) is 24.5 Å². The molecule has 1 amide bonds. The molecule has 1 saturated heterocycles. The van der Waals surface area contributed by atoms with Crippen molar-refractivity contribution in [2.75, 3.05) is 43.1 Å². The molecule has 26 heavy (non-hydrogen) atoms. The number of hydrazone groups is 1. The van der Waals surface area contributed by atoms with E-state index in [4.69, 9.17) is 4.74 Å². The topological polar surface area (TPSA) is 66.0 Å². The van der Waals surface area contributed by atoms with Gasteiger partial charge in [-0.1, -0.05) is 29.8 Å². The predicted molar refractivity (Wildman–Crippen MR) is 105 cm³/mol. The van der Waals surface area contributed by atoms with E-state index in [0.29, 0.717) is 0 Å². The lowest BCUT2D eigenvalue weighted by Crippen LogP contribution is -2.36. The Morgan fingerprint density at radius 1 is 1.12 bits per heavy atom. The van der Waals surface area contributed by atoms with Crippen LogP contribution in [0.1, 0.15) is 11.1 Å². The summed E-state index contributed by atoms with van der Waals surface area (Å²) >= 11 is 0. The third kappa shape index (κ3) is 5.32. The zero-order valence-electron chi connectivity index (χ0n) is 14.9. The number of amides is 1. The van der Waals surface area contributed by atoms with E-state index in [-0.39, 0.29) is 12.5 Å². The smallest absolute Gasteiger partial charge is 0.259 e. The zero-order chi connectivity index (χ0) is 18.2. The first-order valence-corrected chi connectivity index (χ1v) is 8.76. The minimum absolute atomic E-state index is 0.177. The predicted octanol–water partition coefficient (Wildman–Crippen LogP) is 2.39. The molecular weight excluding hydrogens is 328 g/mol. The number of carbonyl (C=O) groups excluding carboxylic acids is 1. The lowest BCUT2D eigenvalue weighted by atomic mass is 10.2. The summed E-state index contributed by atoms with van der Waals surface area (Å²) in [7, 11) is 0. The first-order chi connectivity index (χ1) is 12.7. The van der Waals surface area contributed by atoms with Crippen molar-refractivity contribution >= 4 is 23.5 Å².